The van der Waals surface area contributed by atoms with Crippen LogP contribution >= 0.6 is 11.3 Å². The van der Waals surface area contributed by atoms with Gasteiger partial charge in [0.25, 0.3) is 5.91 Å². The number of anilines is 2. The Labute approximate surface area is 173 Å². The van der Waals surface area contributed by atoms with Crippen molar-refractivity contribution in [3.63, 3.8) is 0 Å². The van der Waals surface area contributed by atoms with Gasteiger partial charge in [-0.3, -0.25) is 9.78 Å². The predicted molar refractivity (Wildman–Crippen MR) is 113 cm³/mol. The minimum absolute atomic E-state index is 0.196. The van der Waals surface area contributed by atoms with Gasteiger partial charge in [-0.05, 0) is 43.4 Å². The van der Waals surface area contributed by atoms with Crippen molar-refractivity contribution in [1.29, 1.82) is 0 Å². The Hall–Kier alpha value is -2.84. The third-order valence-electron chi connectivity index (χ3n) is 4.93. The Bertz CT molecular complexity index is 955. The summed E-state index contributed by atoms with van der Waals surface area (Å²) in [6.45, 7) is 4.22. The van der Waals surface area contributed by atoms with Crippen molar-refractivity contribution >= 4 is 28.1 Å². The van der Waals surface area contributed by atoms with Crippen LogP contribution in [0, 0.1) is 5.82 Å². The van der Waals surface area contributed by atoms with Crippen molar-refractivity contribution in [1.82, 2.24) is 14.9 Å². The number of piperazine rings is 1. The van der Waals surface area contributed by atoms with Gasteiger partial charge in [0, 0.05) is 49.6 Å². The lowest BCUT2D eigenvalue weighted by Crippen LogP contribution is -2.44. The first kappa shape index (κ1) is 19.5. The zero-order valence-electron chi connectivity index (χ0n) is 16.2. The molecule has 0 N–H and O–H groups in total. The largest absolute Gasteiger partial charge is 0.346 e. The van der Waals surface area contributed by atoms with Crippen LogP contribution in [0.4, 0.5) is 15.2 Å². The molecule has 3 aromatic rings. The summed E-state index contributed by atoms with van der Waals surface area (Å²) in [6.07, 6.45) is 3.16. The highest BCUT2D eigenvalue weighted by atomic mass is 32.1. The summed E-state index contributed by atoms with van der Waals surface area (Å²) < 4.78 is 13.4. The lowest BCUT2D eigenvalue weighted by atomic mass is 10.2. The Kier molecular flexibility index (Phi) is 5.82. The summed E-state index contributed by atoms with van der Waals surface area (Å²) in [5.74, 6) is -0.535. The monoisotopic (exact) mass is 411 g/mol. The zero-order valence-corrected chi connectivity index (χ0v) is 17.0. The smallest absolute Gasteiger partial charge is 0.260 e. The number of nitrogens with zero attached hydrogens (tertiary/aromatic N) is 5. The summed E-state index contributed by atoms with van der Waals surface area (Å²) in [7, 11) is 2.12. The van der Waals surface area contributed by atoms with Gasteiger partial charge >= 0.3 is 0 Å². The Balaban J connectivity index is 1.57. The molecule has 1 amide bonds. The summed E-state index contributed by atoms with van der Waals surface area (Å²) in [5.41, 5.74) is 1.91. The average molecular weight is 412 g/mol. The van der Waals surface area contributed by atoms with E-state index >= 15 is 0 Å². The van der Waals surface area contributed by atoms with Gasteiger partial charge in [0.05, 0.1) is 17.8 Å². The molecule has 0 spiro atoms. The first-order valence-corrected chi connectivity index (χ1v) is 10.3. The molecule has 0 atom stereocenters. The normalized spacial score (nSPS) is 14.8. The van der Waals surface area contributed by atoms with Gasteiger partial charge < -0.3 is 14.7 Å². The van der Waals surface area contributed by atoms with E-state index in [0.29, 0.717) is 17.8 Å². The lowest BCUT2D eigenvalue weighted by Gasteiger charge is -2.32. The molecular formula is C21H22FN5OS. The second kappa shape index (κ2) is 8.67. The van der Waals surface area contributed by atoms with Crippen LogP contribution in [0.1, 0.15) is 16.1 Å². The molecule has 1 aromatic carbocycles. The number of pyridine rings is 1. The predicted octanol–water partition coefficient (Wildman–Crippen LogP) is 3.28. The number of carbonyl (C=O) groups excluding carboxylic acids is 1. The fourth-order valence-corrected chi connectivity index (χ4v) is 4.09. The minimum Gasteiger partial charge on any atom is -0.346 e. The fourth-order valence-electron chi connectivity index (χ4n) is 3.22. The highest BCUT2D eigenvalue weighted by Crippen LogP contribution is 2.25. The van der Waals surface area contributed by atoms with Crippen LogP contribution in [0.2, 0.25) is 0 Å². The third-order valence-corrected chi connectivity index (χ3v) is 5.88. The van der Waals surface area contributed by atoms with Crippen molar-refractivity contribution < 1.29 is 9.18 Å². The average Bonchev–Trinajstić information content (AvgIpc) is 3.22. The van der Waals surface area contributed by atoms with Crippen molar-refractivity contribution in [3.8, 4) is 0 Å². The van der Waals surface area contributed by atoms with E-state index in [-0.39, 0.29) is 11.7 Å². The van der Waals surface area contributed by atoms with Crippen molar-refractivity contribution in [2.75, 3.05) is 43.0 Å². The van der Waals surface area contributed by atoms with Crippen molar-refractivity contribution in [2.24, 2.45) is 0 Å². The number of thiazole rings is 1. The Morgan fingerprint density at radius 2 is 1.93 bits per heavy atom. The summed E-state index contributed by atoms with van der Waals surface area (Å²) >= 11 is 1.59. The number of carbonyl (C=O) groups is 1. The highest BCUT2D eigenvalue weighted by Gasteiger charge is 2.22. The maximum atomic E-state index is 13.4. The third kappa shape index (κ3) is 4.60. The summed E-state index contributed by atoms with van der Waals surface area (Å²) in [4.78, 5) is 28.1. The van der Waals surface area contributed by atoms with E-state index in [2.05, 4.69) is 21.8 Å². The van der Waals surface area contributed by atoms with Gasteiger partial charge in [0.2, 0.25) is 0 Å². The molecule has 3 heterocycles. The summed E-state index contributed by atoms with van der Waals surface area (Å²) in [6, 6.07) is 9.38. The van der Waals surface area contributed by atoms with E-state index in [1.807, 2.05) is 5.38 Å². The Morgan fingerprint density at radius 1 is 1.17 bits per heavy atom. The number of hydrogen-bond donors (Lipinski definition) is 0. The molecule has 1 aliphatic heterocycles. The van der Waals surface area contributed by atoms with Crippen molar-refractivity contribution in [3.05, 3.63) is 71.2 Å². The van der Waals surface area contributed by atoms with Crippen LogP contribution in [0.3, 0.4) is 0 Å². The maximum absolute atomic E-state index is 13.4. The van der Waals surface area contributed by atoms with E-state index in [1.54, 1.807) is 46.7 Å². The molecule has 0 bridgehead atoms. The molecule has 2 aromatic heterocycles. The van der Waals surface area contributed by atoms with Crippen molar-refractivity contribution in [2.45, 2.75) is 6.54 Å². The number of amides is 1. The van der Waals surface area contributed by atoms with Crippen LogP contribution in [-0.2, 0) is 6.54 Å². The van der Waals surface area contributed by atoms with Crippen LogP contribution in [0.25, 0.3) is 0 Å². The SMILES string of the molecule is CN1CCN(c2nc(CN(C(=O)c3cccnc3)c3ccc(F)cc3)cs2)CC1. The highest BCUT2D eigenvalue weighted by molar-refractivity contribution is 7.13. The molecule has 29 heavy (non-hydrogen) atoms. The first-order valence-electron chi connectivity index (χ1n) is 9.45. The lowest BCUT2D eigenvalue weighted by molar-refractivity contribution is 0.0984. The van der Waals surface area contributed by atoms with E-state index in [9.17, 15) is 9.18 Å². The topological polar surface area (TPSA) is 52.6 Å². The van der Waals surface area contributed by atoms with Crippen LogP contribution in [0.5, 0.6) is 0 Å². The molecule has 0 unspecified atom stereocenters. The molecule has 1 fully saturated rings. The molecule has 150 valence electrons. The van der Waals surface area contributed by atoms with E-state index < -0.39 is 0 Å². The maximum Gasteiger partial charge on any atom is 0.260 e. The zero-order chi connectivity index (χ0) is 20.2. The van der Waals surface area contributed by atoms with E-state index in [1.165, 1.54) is 18.3 Å². The molecule has 0 saturated carbocycles. The standard InChI is InChI=1S/C21H22FN5OS/c1-25-9-11-26(12-10-25)21-24-18(15-29-21)14-27(19-6-4-17(22)5-7-19)20(28)16-3-2-8-23-13-16/h2-8,13,15H,9-12,14H2,1H3. The number of rotatable bonds is 5. The van der Waals surface area contributed by atoms with Crippen LogP contribution < -0.4 is 9.80 Å². The molecule has 6 nitrogen and oxygen atoms in total. The molecule has 0 radical (unpaired) electrons. The van der Waals surface area contributed by atoms with Gasteiger partial charge in [-0.1, -0.05) is 0 Å². The number of likely N-dealkylation sites (N-methyl/N-ethyl adjacent to an activating group) is 1. The molecule has 8 heteroatoms. The van der Waals surface area contributed by atoms with Crippen LogP contribution in [0.15, 0.2) is 54.2 Å². The number of hydrogen-bond acceptors (Lipinski definition) is 6. The minimum atomic E-state index is -0.339. The van der Waals surface area contributed by atoms with E-state index in [4.69, 9.17) is 4.98 Å². The second-order valence-electron chi connectivity index (χ2n) is 7.02. The number of benzene rings is 1. The molecule has 0 aliphatic carbocycles. The molecule has 1 saturated heterocycles. The van der Waals surface area contributed by atoms with E-state index in [0.717, 1.165) is 37.0 Å². The molecule has 4 rings (SSSR count). The van der Waals surface area contributed by atoms with Gasteiger partial charge in [-0.15, -0.1) is 11.3 Å². The van der Waals surface area contributed by atoms with Gasteiger partial charge in [0.15, 0.2) is 5.13 Å². The summed E-state index contributed by atoms with van der Waals surface area (Å²) in [5, 5.41) is 2.96. The van der Waals surface area contributed by atoms with Gasteiger partial charge in [-0.2, -0.15) is 0 Å². The van der Waals surface area contributed by atoms with Crippen LogP contribution in [-0.4, -0.2) is 54.0 Å². The van der Waals surface area contributed by atoms with Gasteiger partial charge in [-0.25, -0.2) is 9.37 Å². The molecular weight excluding hydrogens is 389 g/mol. The second-order valence-corrected chi connectivity index (χ2v) is 7.86. The quantitative estimate of drug-likeness (QED) is 0.645. The van der Waals surface area contributed by atoms with Gasteiger partial charge in [0.1, 0.15) is 5.82 Å². The molecule has 1 aliphatic rings. The number of aromatic nitrogens is 2. The fraction of sp³-hybridized carbons (Fsp3) is 0.286. The Morgan fingerprint density at radius 3 is 2.62 bits per heavy atom. The number of halogens is 1. The first-order chi connectivity index (χ1) is 14.1.